The standard InChI is InChI=1S/C26H33N5O3/c1-19(32)29-14-16-30(17-15-29)26(34)25(33)27-18-24(21-8-10-22(11-9-21)28(2)3)31-13-12-20-6-4-5-7-23(20)31/h4-11,24H,12-18H2,1-3H3,(H,27,33). The highest BCUT2D eigenvalue weighted by Crippen LogP contribution is 2.35. The molecule has 1 saturated heterocycles. The fraction of sp³-hybridized carbons (Fsp3) is 0.423. The van der Waals surface area contributed by atoms with E-state index in [4.69, 9.17) is 0 Å². The monoisotopic (exact) mass is 463 g/mol. The Morgan fingerprint density at radius 1 is 0.912 bits per heavy atom. The maximum atomic E-state index is 12.8. The summed E-state index contributed by atoms with van der Waals surface area (Å²) in [5, 5.41) is 2.89. The van der Waals surface area contributed by atoms with E-state index in [2.05, 4.69) is 57.6 Å². The highest BCUT2D eigenvalue weighted by atomic mass is 16.2. The van der Waals surface area contributed by atoms with Crippen LogP contribution in [0, 0.1) is 0 Å². The van der Waals surface area contributed by atoms with Gasteiger partial charge in [0.25, 0.3) is 0 Å². The molecule has 0 aromatic heterocycles. The van der Waals surface area contributed by atoms with Crippen LogP contribution in [0.15, 0.2) is 48.5 Å². The molecule has 0 spiro atoms. The van der Waals surface area contributed by atoms with Crippen LogP contribution >= 0.6 is 0 Å². The Hall–Kier alpha value is -3.55. The van der Waals surface area contributed by atoms with Gasteiger partial charge in [0.1, 0.15) is 0 Å². The molecular formula is C26H33N5O3. The Morgan fingerprint density at radius 3 is 2.21 bits per heavy atom. The second kappa shape index (κ2) is 10.2. The van der Waals surface area contributed by atoms with Gasteiger partial charge in [-0.2, -0.15) is 0 Å². The van der Waals surface area contributed by atoms with Gasteiger partial charge in [-0.25, -0.2) is 0 Å². The van der Waals surface area contributed by atoms with Crippen LogP contribution in [0.1, 0.15) is 24.1 Å². The lowest BCUT2D eigenvalue weighted by Crippen LogP contribution is -2.54. The third kappa shape index (κ3) is 5.00. The number of amides is 3. The van der Waals surface area contributed by atoms with Crippen molar-refractivity contribution in [3.8, 4) is 0 Å². The molecule has 0 bridgehead atoms. The van der Waals surface area contributed by atoms with Gasteiger partial charge in [-0.05, 0) is 35.7 Å². The van der Waals surface area contributed by atoms with E-state index < -0.39 is 11.8 Å². The van der Waals surface area contributed by atoms with Crippen molar-refractivity contribution in [1.82, 2.24) is 15.1 Å². The summed E-state index contributed by atoms with van der Waals surface area (Å²) in [4.78, 5) is 44.7. The van der Waals surface area contributed by atoms with Crippen LogP contribution in [-0.4, -0.2) is 80.9 Å². The molecule has 0 aliphatic carbocycles. The molecule has 1 fully saturated rings. The van der Waals surface area contributed by atoms with Crippen molar-refractivity contribution in [1.29, 1.82) is 0 Å². The molecule has 1 unspecified atom stereocenters. The van der Waals surface area contributed by atoms with E-state index in [9.17, 15) is 14.4 Å². The minimum absolute atomic E-state index is 0.00873. The van der Waals surface area contributed by atoms with Crippen LogP contribution in [0.25, 0.3) is 0 Å². The van der Waals surface area contributed by atoms with Crippen molar-refractivity contribution in [3.05, 3.63) is 59.7 Å². The zero-order chi connectivity index (χ0) is 24.2. The van der Waals surface area contributed by atoms with Crippen molar-refractivity contribution >= 4 is 29.1 Å². The lowest BCUT2D eigenvalue weighted by Gasteiger charge is -2.34. The quantitative estimate of drug-likeness (QED) is 0.683. The van der Waals surface area contributed by atoms with Gasteiger partial charge in [-0.3, -0.25) is 14.4 Å². The fourth-order valence-electron chi connectivity index (χ4n) is 4.72. The first-order valence-electron chi connectivity index (χ1n) is 11.8. The molecule has 1 atom stereocenters. The highest BCUT2D eigenvalue weighted by molar-refractivity contribution is 6.35. The average molecular weight is 464 g/mol. The first-order chi connectivity index (χ1) is 16.3. The van der Waals surface area contributed by atoms with Crippen LogP contribution < -0.4 is 15.1 Å². The largest absolute Gasteiger partial charge is 0.378 e. The van der Waals surface area contributed by atoms with Gasteiger partial charge in [0.2, 0.25) is 5.91 Å². The third-order valence-corrected chi connectivity index (χ3v) is 6.76. The van der Waals surface area contributed by atoms with Gasteiger partial charge in [-0.15, -0.1) is 0 Å². The zero-order valence-corrected chi connectivity index (χ0v) is 20.2. The molecular weight excluding hydrogens is 430 g/mol. The number of anilines is 2. The number of nitrogens with zero attached hydrogens (tertiary/aromatic N) is 4. The molecule has 2 aromatic carbocycles. The molecule has 8 heteroatoms. The van der Waals surface area contributed by atoms with E-state index in [0.29, 0.717) is 32.7 Å². The van der Waals surface area contributed by atoms with E-state index >= 15 is 0 Å². The Kier molecular flexibility index (Phi) is 7.05. The average Bonchev–Trinajstić information content (AvgIpc) is 3.28. The number of hydrogen-bond acceptors (Lipinski definition) is 5. The second-order valence-corrected chi connectivity index (χ2v) is 9.08. The third-order valence-electron chi connectivity index (χ3n) is 6.76. The van der Waals surface area contributed by atoms with E-state index in [0.717, 1.165) is 24.2 Å². The molecule has 1 N–H and O–H groups in total. The molecule has 0 radical (unpaired) electrons. The second-order valence-electron chi connectivity index (χ2n) is 9.08. The van der Waals surface area contributed by atoms with Crippen molar-refractivity contribution in [2.24, 2.45) is 0 Å². The zero-order valence-electron chi connectivity index (χ0n) is 20.2. The minimum Gasteiger partial charge on any atom is -0.378 e. The van der Waals surface area contributed by atoms with Gasteiger partial charge < -0.3 is 24.9 Å². The Balaban J connectivity index is 1.47. The van der Waals surface area contributed by atoms with E-state index in [-0.39, 0.29) is 11.9 Å². The summed E-state index contributed by atoms with van der Waals surface area (Å²) >= 11 is 0. The minimum atomic E-state index is -0.598. The number of nitrogens with one attached hydrogen (secondary N) is 1. The van der Waals surface area contributed by atoms with Gasteiger partial charge in [-0.1, -0.05) is 30.3 Å². The predicted octanol–water partition coefficient (Wildman–Crippen LogP) is 1.66. The van der Waals surface area contributed by atoms with Crippen molar-refractivity contribution < 1.29 is 14.4 Å². The maximum absolute atomic E-state index is 12.8. The molecule has 34 heavy (non-hydrogen) atoms. The van der Waals surface area contributed by atoms with Crippen LogP contribution in [0.2, 0.25) is 0 Å². The number of fused-ring (bicyclic) bond motifs is 1. The maximum Gasteiger partial charge on any atom is 0.312 e. The molecule has 2 heterocycles. The van der Waals surface area contributed by atoms with Crippen LogP contribution in [0.5, 0.6) is 0 Å². The lowest BCUT2D eigenvalue weighted by molar-refractivity contribution is -0.148. The molecule has 180 valence electrons. The number of hydrogen-bond donors (Lipinski definition) is 1. The number of piperazine rings is 1. The summed E-state index contributed by atoms with van der Waals surface area (Å²) in [6.45, 7) is 4.37. The fourth-order valence-corrected chi connectivity index (χ4v) is 4.72. The summed E-state index contributed by atoms with van der Waals surface area (Å²) in [6, 6.07) is 16.6. The lowest BCUT2D eigenvalue weighted by atomic mass is 10.0. The van der Waals surface area contributed by atoms with Crippen LogP contribution in [-0.2, 0) is 20.8 Å². The Labute approximate surface area is 201 Å². The van der Waals surface area contributed by atoms with Crippen LogP contribution in [0.4, 0.5) is 11.4 Å². The van der Waals surface area contributed by atoms with Crippen LogP contribution in [0.3, 0.4) is 0 Å². The number of para-hydroxylation sites is 1. The summed E-state index contributed by atoms with van der Waals surface area (Å²) in [5.74, 6) is -1.14. The Bertz CT molecular complexity index is 1040. The molecule has 2 aromatic rings. The summed E-state index contributed by atoms with van der Waals surface area (Å²) in [5.41, 5.74) is 4.66. The topological polar surface area (TPSA) is 76.2 Å². The smallest absolute Gasteiger partial charge is 0.312 e. The molecule has 8 nitrogen and oxygen atoms in total. The number of carbonyl (C=O) groups excluding carboxylic acids is 3. The van der Waals surface area contributed by atoms with Gasteiger partial charge in [0.05, 0.1) is 6.04 Å². The van der Waals surface area contributed by atoms with Gasteiger partial charge >= 0.3 is 11.8 Å². The molecule has 2 aliphatic rings. The summed E-state index contributed by atoms with van der Waals surface area (Å²) < 4.78 is 0. The predicted molar refractivity (Wildman–Crippen MR) is 133 cm³/mol. The number of rotatable bonds is 5. The number of benzene rings is 2. The molecule has 3 amide bonds. The van der Waals surface area contributed by atoms with E-state index in [1.165, 1.54) is 23.1 Å². The summed E-state index contributed by atoms with van der Waals surface area (Å²) in [7, 11) is 4.01. The van der Waals surface area contributed by atoms with E-state index in [1.807, 2.05) is 20.2 Å². The van der Waals surface area contributed by atoms with Crippen molar-refractivity contribution in [2.75, 3.05) is 63.2 Å². The number of carbonyl (C=O) groups is 3. The molecule has 2 aliphatic heterocycles. The van der Waals surface area contributed by atoms with Crippen molar-refractivity contribution in [2.45, 2.75) is 19.4 Å². The molecule has 4 rings (SSSR count). The SMILES string of the molecule is CC(=O)N1CCN(C(=O)C(=O)NCC(c2ccc(N(C)C)cc2)N2CCc3ccccc32)CC1. The Morgan fingerprint density at radius 2 is 1.56 bits per heavy atom. The first kappa shape index (κ1) is 23.6. The first-order valence-corrected chi connectivity index (χ1v) is 11.8. The molecule has 0 saturated carbocycles. The van der Waals surface area contributed by atoms with Gasteiger partial charge in [0.15, 0.2) is 0 Å². The van der Waals surface area contributed by atoms with E-state index in [1.54, 1.807) is 4.90 Å². The highest BCUT2D eigenvalue weighted by Gasteiger charge is 2.30. The summed E-state index contributed by atoms with van der Waals surface area (Å²) in [6.07, 6.45) is 0.954. The normalized spacial score (nSPS) is 16.1. The van der Waals surface area contributed by atoms with Gasteiger partial charge in [0, 0.05) is 71.7 Å². The van der Waals surface area contributed by atoms with Crippen molar-refractivity contribution in [3.63, 3.8) is 0 Å².